The molecule has 19 heteroatoms. The number of nitrogens with zero attached hydrogens (tertiary/aromatic N) is 5. The van der Waals surface area contributed by atoms with Gasteiger partial charge in [-0.2, -0.15) is 0 Å². The number of methoxy groups -OCH3 is 1. The van der Waals surface area contributed by atoms with Crippen molar-refractivity contribution in [3.8, 4) is 23.1 Å². The minimum absolute atomic E-state index is 0.0246. The fourth-order valence-electron chi connectivity index (χ4n) is 14.6. The van der Waals surface area contributed by atoms with Crippen LogP contribution in [0.4, 0.5) is 21.5 Å². The van der Waals surface area contributed by atoms with E-state index in [-0.39, 0.29) is 74.0 Å². The van der Waals surface area contributed by atoms with Gasteiger partial charge in [-0.05, 0) is 154 Å². The number of quaternary nitrogens is 1. The van der Waals surface area contributed by atoms with Crippen molar-refractivity contribution in [3.63, 3.8) is 0 Å². The van der Waals surface area contributed by atoms with E-state index in [1.165, 1.54) is 54.7 Å². The molecule has 12 rings (SSSR count). The summed E-state index contributed by atoms with van der Waals surface area (Å²) in [4.78, 5) is 34.3. The first-order chi connectivity index (χ1) is 40.4. The largest absolute Gasteiger partial charge is 0.629 e. The van der Waals surface area contributed by atoms with Crippen LogP contribution in [0.3, 0.4) is 0 Å². The molecule has 1 amide bonds. The normalized spacial score (nSPS) is 23.9. The topological polar surface area (TPSA) is 202 Å². The lowest BCUT2D eigenvalue weighted by molar-refractivity contribution is -0.750. The maximum Gasteiger partial charge on any atom is 0.268 e. The van der Waals surface area contributed by atoms with E-state index in [9.17, 15) is 23.5 Å². The van der Waals surface area contributed by atoms with Crippen LogP contribution in [0.15, 0.2) is 96.2 Å². The molecule has 3 unspecified atom stereocenters. The molecular formula is C65H80FN9O8S. The van der Waals surface area contributed by atoms with E-state index >= 15 is 4.39 Å². The Bertz CT molecular complexity index is 3550. The van der Waals surface area contributed by atoms with Gasteiger partial charge in [0.1, 0.15) is 33.4 Å². The molecule has 446 valence electrons. The molecule has 5 fully saturated rings. The summed E-state index contributed by atoms with van der Waals surface area (Å²) in [6, 6.07) is 26.8. The van der Waals surface area contributed by atoms with Crippen molar-refractivity contribution in [3.05, 3.63) is 130 Å². The van der Waals surface area contributed by atoms with E-state index < -0.39 is 27.4 Å². The lowest BCUT2D eigenvalue weighted by atomic mass is 9.59. The van der Waals surface area contributed by atoms with Crippen LogP contribution in [-0.4, -0.2) is 115 Å². The van der Waals surface area contributed by atoms with Crippen molar-refractivity contribution in [1.82, 2.24) is 29.5 Å². The second kappa shape index (κ2) is 23.3. The quantitative estimate of drug-likeness (QED) is 0.0509. The number of piperidine rings is 1. The number of H-pyrrole nitrogens is 1. The third kappa shape index (κ3) is 11.6. The zero-order chi connectivity index (χ0) is 58.7. The number of carbonyl (C=O) groups is 1. The smallest absolute Gasteiger partial charge is 0.268 e. The number of ether oxygens (including phenoxy) is 3. The second-order valence-electron chi connectivity index (χ2n) is 25.3. The van der Waals surface area contributed by atoms with Gasteiger partial charge in [0.2, 0.25) is 0 Å². The SMILES string of the molecule is CCOc1nc2c(cc1Oc1cc(N3CCC4(CC3)CC(N3CC5CC(C[C@H]3c3ccccc3C(C)C)CN5Cc3ccc(OC)cc3)C4)ccc1C(=O)NS(=O)(=O)c1cc([NH+](C)[O-])c(NC[C@H]3CC[C@](C)(O)CC3)c3[nH]cnc13)C(F)=CC2. The molecule has 5 heterocycles. The summed E-state index contributed by atoms with van der Waals surface area (Å²) in [5, 5.41) is 26.8. The van der Waals surface area contributed by atoms with E-state index in [0.717, 1.165) is 89.1 Å². The van der Waals surface area contributed by atoms with Gasteiger partial charge in [-0.3, -0.25) is 14.6 Å². The number of aromatic amines is 1. The van der Waals surface area contributed by atoms with Crippen LogP contribution < -0.4 is 34.2 Å². The number of sulfonamides is 1. The van der Waals surface area contributed by atoms with Gasteiger partial charge in [-0.15, -0.1) is 0 Å². The van der Waals surface area contributed by atoms with Gasteiger partial charge in [0.15, 0.2) is 11.4 Å². The summed E-state index contributed by atoms with van der Waals surface area (Å²) in [6.45, 7) is 13.6. The number of halogens is 1. The van der Waals surface area contributed by atoms with Gasteiger partial charge < -0.3 is 44.8 Å². The number of rotatable bonds is 18. The molecule has 3 aliphatic heterocycles. The zero-order valence-corrected chi connectivity index (χ0v) is 50.0. The fraction of sp³-hybridized carbons (Fsp3) is 0.492. The number of hydroxylamine groups is 1. The summed E-state index contributed by atoms with van der Waals surface area (Å²) in [6.07, 6.45) is 12.5. The van der Waals surface area contributed by atoms with Gasteiger partial charge in [0.25, 0.3) is 21.8 Å². The van der Waals surface area contributed by atoms with E-state index in [4.69, 9.17) is 14.2 Å². The van der Waals surface area contributed by atoms with Crippen molar-refractivity contribution in [1.29, 1.82) is 0 Å². The highest BCUT2D eigenvalue weighted by atomic mass is 32.2. The van der Waals surface area contributed by atoms with Crippen molar-refractivity contribution >= 4 is 49.9 Å². The molecular weight excluding hydrogens is 1090 g/mol. The Balaban J connectivity index is 0.794. The highest BCUT2D eigenvalue weighted by Crippen LogP contribution is 2.55. The number of benzene rings is 4. The molecule has 0 radical (unpaired) electrons. The van der Waals surface area contributed by atoms with E-state index in [1.807, 2.05) is 13.0 Å². The third-order valence-electron chi connectivity index (χ3n) is 19.3. The average Bonchev–Trinajstić information content (AvgIpc) is 2.18. The number of anilines is 2. The number of amides is 1. The number of aromatic nitrogens is 3. The lowest BCUT2D eigenvalue weighted by Crippen LogP contribution is -2.98. The number of carbonyl (C=O) groups excluding carboxylic acids is 1. The summed E-state index contributed by atoms with van der Waals surface area (Å²) in [5.74, 6) is 0.909. The van der Waals surface area contributed by atoms with Crippen molar-refractivity contribution < 1.29 is 42.0 Å². The number of allylic oxidation sites excluding steroid dienone is 1. The van der Waals surface area contributed by atoms with Crippen LogP contribution >= 0.6 is 0 Å². The Labute approximate surface area is 492 Å². The molecule has 5 N–H and O–H groups in total. The third-order valence-corrected chi connectivity index (χ3v) is 20.6. The van der Waals surface area contributed by atoms with Gasteiger partial charge in [0, 0.05) is 87.2 Å². The van der Waals surface area contributed by atoms with E-state index in [1.54, 1.807) is 26.2 Å². The predicted molar refractivity (Wildman–Crippen MR) is 323 cm³/mol. The molecule has 4 atom stereocenters. The molecule has 3 saturated heterocycles. The summed E-state index contributed by atoms with van der Waals surface area (Å²) in [7, 11) is -1.64. The molecule has 3 aliphatic carbocycles. The monoisotopic (exact) mass is 1170 g/mol. The first-order valence-corrected chi connectivity index (χ1v) is 31.7. The summed E-state index contributed by atoms with van der Waals surface area (Å²) >= 11 is 0. The second-order valence-corrected chi connectivity index (χ2v) is 27.0. The van der Waals surface area contributed by atoms with Crippen LogP contribution in [0.5, 0.6) is 23.1 Å². The molecule has 4 aromatic carbocycles. The first-order valence-electron chi connectivity index (χ1n) is 30.2. The number of nitrogens with one attached hydrogen (secondary N) is 4. The van der Waals surface area contributed by atoms with E-state index in [2.05, 4.69) is 102 Å². The highest BCUT2D eigenvalue weighted by molar-refractivity contribution is 7.90. The molecule has 17 nitrogen and oxygen atoms in total. The van der Waals surface area contributed by atoms with E-state index in [0.29, 0.717) is 66.2 Å². The number of fused-ring (bicyclic) bond motifs is 4. The zero-order valence-electron chi connectivity index (χ0n) is 49.2. The van der Waals surface area contributed by atoms with Crippen molar-refractivity contribution in [2.75, 3.05) is 63.7 Å². The maximum atomic E-state index is 15.2. The Morgan fingerprint density at radius 2 is 1.74 bits per heavy atom. The maximum absolute atomic E-state index is 15.2. The number of aliphatic hydroxyl groups is 1. The van der Waals surface area contributed by atoms with Crippen LogP contribution in [0.25, 0.3) is 16.9 Å². The van der Waals surface area contributed by atoms with Gasteiger partial charge in [-0.25, -0.2) is 27.5 Å². The molecule has 2 bridgehead atoms. The van der Waals surface area contributed by atoms with Gasteiger partial charge in [-0.1, -0.05) is 50.2 Å². The fourth-order valence-corrected chi connectivity index (χ4v) is 15.8. The molecule has 1 spiro atoms. The Morgan fingerprint density at radius 3 is 2.46 bits per heavy atom. The van der Waals surface area contributed by atoms with Crippen LogP contribution in [0, 0.1) is 22.5 Å². The number of hydrogen-bond donors (Lipinski definition) is 5. The Morgan fingerprint density at radius 1 is 0.976 bits per heavy atom. The summed E-state index contributed by atoms with van der Waals surface area (Å²) < 4.78 is 64.7. The molecule has 6 aromatic rings. The lowest BCUT2D eigenvalue weighted by Gasteiger charge is -2.57. The van der Waals surface area contributed by atoms with Crippen LogP contribution in [0.1, 0.15) is 142 Å². The number of imidazole rings is 1. The minimum atomic E-state index is -4.71. The molecule has 84 heavy (non-hydrogen) atoms. The number of hydrogen-bond acceptors (Lipinski definition) is 14. The molecule has 6 aliphatic rings. The van der Waals surface area contributed by atoms with Crippen molar-refractivity contribution in [2.24, 2.45) is 17.3 Å². The average molecular weight is 1170 g/mol. The Hall–Kier alpha value is -6.61. The van der Waals surface area contributed by atoms with Crippen molar-refractivity contribution in [2.45, 2.75) is 139 Å². The predicted octanol–water partition coefficient (Wildman–Crippen LogP) is 10.3. The first kappa shape index (κ1) is 57.8. The summed E-state index contributed by atoms with van der Waals surface area (Å²) in [5.41, 5.74) is 6.02. The standard InChI is InChI=1S/C65H80FN9O8S/c1-7-82-63-57(31-51-52(66)18-19-53(51)70-63)83-56-30-44(14-17-50(56)62(76)71-84(79,80)58-32-55(72(5)78)59(61-60(58)68-39-69-61)67-35-41-20-22-64(4,77)23-21-41)73-26-24-65(25-27-73)33-46(34-65)75-38-45-28-43(29-54(75)49-11-9-8-10-48(49)40(2)3)37-74(45)36-42-12-15-47(81-6)16-13-42/h8-18,30-32,39-41,43,45-46,54,67,72,77H,7,19-29,33-38H2,1-6H3,(H,68,69)(H,71,76)/t41-,43?,45?,54-,64-/m0/s1. The van der Waals surface area contributed by atoms with Gasteiger partial charge >= 0.3 is 0 Å². The highest BCUT2D eigenvalue weighted by Gasteiger charge is 2.52. The van der Waals surface area contributed by atoms with Crippen LogP contribution in [-0.2, 0) is 23.0 Å². The number of pyridine rings is 1. The Kier molecular flexibility index (Phi) is 16.1. The minimum Gasteiger partial charge on any atom is -0.629 e. The molecule has 2 aromatic heterocycles. The number of likely N-dealkylation sites (tertiary alicyclic amines) is 2. The van der Waals surface area contributed by atoms with Gasteiger partial charge in [0.05, 0.1) is 49.5 Å². The van der Waals surface area contributed by atoms with Crippen LogP contribution in [0.2, 0.25) is 0 Å². The molecule has 2 saturated carbocycles.